The predicted octanol–water partition coefficient (Wildman–Crippen LogP) is 5.23. The van der Waals surface area contributed by atoms with Crippen LogP contribution in [0.3, 0.4) is 0 Å². The summed E-state index contributed by atoms with van der Waals surface area (Å²) in [6.45, 7) is 8.25. The second-order valence-electron chi connectivity index (χ2n) is 7.64. The lowest BCUT2D eigenvalue weighted by atomic mass is 10.1. The van der Waals surface area contributed by atoms with Crippen LogP contribution in [-0.2, 0) is 16.6 Å². The van der Waals surface area contributed by atoms with Gasteiger partial charge in [0.15, 0.2) is 0 Å². The first-order valence-electron chi connectivity index (χ1n) is 10.7. The highest BCUT2D eigenvalue weighted by atomic mass is 35.5. The van der Waals surface area contributed by atoms with Gasteiger partial charge in [-0.3, -0.25) is 9.52 Å². The van der Waals surface area contributed by atoms with E-state index >= 15 is 0 Å². The SMILES string of the molecule is CCN(CC)c1ccc(CNC(=O)c2ccc(Cl)c(S(=O)(=O)Nc3cccc(C)c3)c2)cc1. The normalized spacial score (nSPS) is 11.2. The number of hydrogen-bond donors (Lipinski definition) is 2. The van der Waals surface area contributed by atoms with Gasteiger partial charge in [-0.2, -0.15) is 0 Å². The molecule has 0 spiro atoms. The molecule has 174 valence electrons. The number of amides is 1. The third kappa shape index (κ3) is 6.27. The van der Waals surface area contributed by atoms with Crippen molar-refractivity contribution < 1.29 is 13.2 Å². The van der Waals surface area contributed by atoms with Gasteiger partial charge in [0.05, 0.1) is 5.02 Å². The van der Waals surface area contributed by atoms with Crippen molar-refractivity contribution in [3.63, 3.8) is 0 Å². The largest absolute Gasteiger partial charge is 0.372 e. The van der Waals surface area contributed by atoms with Gasteiger partial charge in [0.2, 0.25) is 0 Å². The van der Waals surface area contributed by atoms with E-state index in [0.717, 1.165) is 29.9 Å². The van der Waals surface area contributed by atoms with Crippen LogP contribution in [0.2, 0.25) is 5.02 Å². The summed E-state index contributed by atoms with van der Waals surface area (Å²) in [6.07, 6.45) is 0. The van der Waals surface area contributed by atoms with E-state index in [4.69, 9.17) is 11.6 Å². The summed E-state index contributed by atoms with van der Waals surface area (Å²) in [6, 6.07) is 19.2. The van der Waals surface area contributed by atoms with E-state index in [9.17, 15) is 13.2 Å². The highest BCUT2D eigenvalue weighted by molar-refractivity contribution is 7.92. The molecule has 0 aliphatic carbocycles. The summed E-state index contributed by atoms with van der Waals surface area (Å²) >= 11 is 6.17. The molecule has 0 bridgehead atoms. The molecule has 0 unspecified atom stereocenters. The van der Waals surface area contributed by atoms with E-state index in [1.165, 1.54) is 18.2 Å². The average Bonchev–Trinajstić information content (AvgIpc) is 2.79. The third-order valence-electron chi connectivity index (χ3n) is 5.27. The van der Waals surface area contributed by atoms with Gasteiger partial charge in [0.25, 0.3) is 15.9 Å². The molecule has 8 heteroatoms. The van der Waals surface area contributed by atoms with Gasteiger partial charge >= 0.3 is 0 Å². The van der Waals surface area contributed by atoms with Crippen LogP contribution < -0.4 is 14.9 Å². The van der Waals surface area contributed by atoms with Crippen LogP contribution in [0.15, 0.2) is 71.6 Å². The molecule has 0 aromatic heterocycles. The molecule has 2 N–H and O–H groups in total. The van der Waals surface area contributed by atoms with E-state index in [-0.39, 0.29) is 21.4 Å². The molecule has 0 radical (unpaired) electrons. The molecule has 3 rings (SSSR count). The molecule has 0 aliphatic rings. The molecule has 0 saturated heterocycles. The second-order valence-corrected chi connectivity index (χ2v) is 9.70. The van der Waals surface area contributed by atoms with Gasteiger partial charge in [0, 0.05) is 36.6 Å². The summed E-state index contributed by atoms with van der Waals surface area (Å²) in [7, 11) is -3.97. The van der Waals surface area contributed by atoms with Gasteiger partial charge in [-0.25, -0.2) is 8.42 Å². The van der Waals surface area contributed by atoms with Crippen LogP contribution in [0.25, 0.3) is 0 Å². The van der Waals surface area contributed by atoms with Crippen molar-refractivity contribution in [3.05, 3.63) is 88.4 Å². The molecule has 0 aliphatic heterocycles. The molecule has 0 atom stereocenters. The zero-order valence-electron chi connectivity index (χ0n) is 18.9. The fraction of sp³-hybridized carbons (Fsp3) is 0.240. The number of carbonyl (C=O) groups excluding carboxylic acids is 1. The Morgan fingerprint density at radius 1 is 0.970 bits per heavy atom. The quantitative estimate of drug-likeness (QED) is 0.435. The fourth-order valence-corrected chi connectivity index (χ4v) is 5.04. The van der Waals surface area contributed by atoms with Crippen molar-refractivity contribution in [1.29, 1.82) is 0 Å². The first-order valence-corrected chi connectivity index (χ1v) is 12.6. The highest BCUT2D eigenvalue weighted by Crippen LogP contribution is 2.25. The Hall–Kier alpha value is -3.03. The molecule has 0 fully saturated rings. The lowest BCUT2D eigenvalue weighted by Crippen LogP contribution is -2.24. The van der Waals surface area contributed by atoms with Crippen molar-refractivity contribution in [2.24, 2.45) is 0 Å². The van der Waals surface area contributed by atoms with E-state index in [0.29, 0.717) is 12.2 Å². The van der Waals surface area contributed by atoms with Gasteiger partial charge in [0.1, 0.15) is 4.90 Å². The molecule has 1 amide bonds. The number of hydrogen-bond acceptors (Lipinski definition) is 4. The lowest BCUT2D eigenvalue weighted by molar-refractivity contribution is 0.0950. The number of nitrogens with zero attached hydrogens (tertiary/aromatic N) is 1. The Labute approximate surface area is 200 Å². The van der Waals surface area contributed by atoms with E-state index in [2.05, 4.69) is 28.8 Å². The Bertz CT molecular complexity index is 1220. The number of halogens is 1. The van der Waals surface area contributed by atoms with E-state index in [1.807, 2.05) is 37.3 Å². The topological polar surface area (TPSA) is 78.5 Å². The smallest absolute Gasteiger partial charge is 0.263 e. The van der Waals surface area contributed by atoms with Gasteiger partial charge in [-0.1, -0.05) is 35.9 Å². The van der Waals surface area contributed by atoms with Crippen molar-refractivity contribution in [2.75, 3.05) is 22.7 Å². The lowest BCUT2D eigenvalue weighted by Gasteiger charge is -2.21. The Balaban J connectivity index is 1.72. The van der Waals surface area contributed by atoms with Gasteiger partial charge in [-0.15, -0.1) is 0 Å². The van der Waals surface area contributed by atoms with Crippen molar-refractivity contribution in [2.45, 2.75) is 32.2 Å². The first kappa shape index (κ1) is 24.6. The Morgan fingerprint density at radius 3 is 2.30 bits per heavy atom. The zero-order valence-corrected chi connectivity index (χ0v) is 20.5. The van der Waals surface area contributed by atoms with Crippen molar-refractivity contribution >= 4 is 38.9 Å². The molecule has 33 heavy (non-hydrogen) atoms. The number of sulfonamides is 1. The molecule has 3 aromatic carbocycles. The molecule has 6 nitrogen and oxygen atoms in total. The van der Waals surface area contributed by atoms with E-state index in [1.54, 1.807) is 18.2 Å². The van der Waals surface area contributed by atoms with Gasteiger partial charge in [-0.05, 0) is 74.4 Å². The third-order valence-corrected chi connectivity index (χ3v) is 7.13. The monoisotopic (exact) mass is 485 g/mol. The average molecular weight is 486 g/mol. The molecule has 0 saturated carbocycles. The van der Waals surface area contributed by atoms with Crippen molar-refractivity contribution in [1.82, 2.24) is 5.32 Å². The minimum atomic E-state index is -3.97. The van der Waals surface area contributed by atoms with Crippen molar-refractivity contribution in [3.8, 4) is 0 Å². The summed E-state index contributed by atoms with van der Waals surface area (Å²) in [5.74, 6) is -0.383. The number of nitrogens with one attached hydrogen (secondary N) is 2. The zero-order chi connectivity index (χ0) is 24.0. The molecule has 0 heterocycles. The standard InChI is InChI=1S/C25H28ClN3O3S/c1-4-29(5-2)22-12-9-19(10-13-22)17-27-25(30)20-11-14-23(26)24(16-20)33(31,32)28-21-8-6-7-18(3)15-21/h6-16,28H,4-5,17H2,1-3H3,(H,27,30). The summed E-state index contributed by atoms with van der Waals surface area (Å²) in [4.78, 5) is 14.8. The maximum absolute atomic E-state index is 12.9. The van der Waals surface area contributed by atoms with Crippen LogP contribution in [0, 0.1) is 6.92 Å². The number of anilines is 2. The van der Waals surface area contributed by atoms with Crippen LogP contribution in [-0.4, -0.2) is 27.4 Å². The Kier molecular flexibility index (Phi) is 8.00. The number of carbonyl (C=O) groups is 1. The van der Waals surface area contributed by atoms with Crippen LogP contribution in [0.1, 0.15) is 35.3 Å². The molecular weight excluding hydrogens is 458 g/mol. The first-order chi connectivity index (χ1) is 15.7. The van der Waals surface area contributed by atoms with Crippen LogP contribution in [0.5, 0.6) is 0 Å². The maximum Gasteiger partial charge on any atom is 0.263 e. The second kappa shape index (κ2) is 10.7. The van der Waals surface area contributed by atoms with E-state index < -0.39 is 10.0 Å². The highest BCUT2D eigenvalue weighted by Gasteiger charge is 2.20. The predicted molar refractivity (Wildman–Crippen MR) is 135 cm³/mol. The number of benzene rings is 3. The van der Waals surface area contributed by atoms with Gasteiger partial charge < -0.3 is 10.2 Å². The molecular formula is C25H28ClN3O3S. The maximum atomic E-state index is 12.9. The Morgan fingerprint density at radius 2 is 1.67 bits per heavy atom. The minimum absolute atomic E-state index is 0.0405. The van der Waals surface area contributed by atoms with Crippen LogP contribution in [0.4, 0.5) is 11.4 Å². The fourth-order valence-electron chi connectivity index (χ4n) is 3.47. The summed E-state index contributed by atoms with van der Waals surface area (Å²) < 4.78 is 28.3. The summed E-state index contributed by atoms with van der Waals surface area (Å²) in [5, 5.41) is 2.88. The minimum Gasteiger partial charge on any atom is -0.372 e. The molecule has 3 aromatic rings. The van der Waals surface area contributed by atoms with Crippen LogP contribution >= 0.6 is 11.6 Å². The number of rotatable bonds is 9. The summed E-state index contributed by atoms with van der Waals surface area (Å²) in [5.41, 5.74) is 3.63. The number of aryl methyl sites for hydroxylation is 1.